The van der Waals surface area contributed by atoms with Crippen molar-refractivity contribution < 1.29 is 0 Å². The summed E-state index contributed by atoms with van der Waals surface area (Å²) in [7, 11) is 0. The van der Waals surface area contributed by atoms with E-state index >= 15 is 0 Å². The minimum Gasteiger partial charge on any atom is -0.309 e. The lowest BCUT2D eigenvalue weighted by atomic mass is 10.1. The highest BCUT2D eigenvalue weighted by molar-refractivity contribution is 7.17. The van der Waals surface area contributed by atoms with Gasteiger partial charge in [-0.25, -0.2) is 4.98 Å². The Hall–Kier alpha value is -2.47. The number of benzene rings is 2. The number of aromatic nitrogens is 2. The van der Waals surface area contributed by atoms with Gasteiger partial charge < -0.3 is 4.98 Å². The smallest absolute Gasteiger partial charge is 0.260 e. The minimum absolute atomic E-state index is 0.0954. The topological polar surface area (TPSA) is 49.0 Å². The molecule has 0 bridgehead atoms. The van der Waals surface area contributed by atoms with Crippen LogP contribution in [-0.4, -0.2) is 21.4 Å². The Balaban J connectivity index is 1.63. The molecule has 2 aromatic heterocycles. The van der Waals surface area contributed by atoms with E-state index in [-0.39, 0.29) is 5.56 Å². The fourth-order valence-electron chi connectivity index (χ4n) is 3.24. The Kier molecular flexibility index (Phi) is 5.57. The first kappa shape index (κ1) is 18.9. The Morgan fingerprint density at radius 2 is 1.82 bits per heavy atom. The number of H-pyrrole nitrogens is 1. The fraction of sp³-hybridized carbons (Fsp3) is 0.182. The van der Waals surface area contributed by atoms with E-state index in [2.05, 4.69) is 28.9 Å². The van der Waals surface area contributed by atoms with Gasteiger partial charge in [-0.1, -0.05) is 61.0 Å². The third-order valence-electron chi connectivity index (χ3n) is 4.72. The zero-order valence-corrected chi connectivity index (χ0v) is 17.1. The van der Waals surface area contributed by atoms with Crippen molar-refractivity contribution in [3.8, 4) is 11.1 Å². The number of rotatable bonds is 6. The number of thiophene rings is 1. The second kappa shape index (κ2) is 8.27. The quantitative estimate of drug-likeness (QED) is 0.468. The van der Waals surface area contributed by atoms with Crippen molar-refractivity contribution in [3.05, 3.63) is 86.7 Å². The van der Waals surface area contributed by atoms with Crippen LogP contribution in [0.5, 0.6) is 0 Å². The Bertz CT molecular complexity index is 1140. The third-order valence-corrected chi connectivity index (χ3v) is 5.84. The average molecular weight is 410 g/mol. The van der Waals surface area contributed by atoms with E-state index in [1.54, 1.807) is 0 Å². The summed E-state index contributed by atoms with van der Waals surface area (Å²) in [6.07, 6.45) is 0. The average Bonchev–Trinajstić information content (AvgIpc) is 3.13. The summed E-state index contributed by atoms with van der Waals surface area (Å²) in [5, 5.41) is 3.31. The molecule has 0 atom stereocenters. The lowest BCUT2D eigenvalue weighted by Gasteiger charge is -2.19. The second-order valence-electron chi connectivity index (χ2n) is 6.64. The third kappa shape index (κ3) is 4.02. The Morgan fingerprint density at radius 1 is 1.07 bits per heavy atom. The molecule has 0 unspecified atom stereocenters. The molecule has 4 nitrogen and oxygen atoms in total. The van der Waals surface area contributed by atoms with E-state index in [1.807, 2.05) is 47.8 Å². The SMILES string of the molecule is CCN(Cc1ccccc1)Cc1nc2scc(-c3ccc(Cl)cc3)c2c(=O)[nH]1. The summed E-state index contributed by atoms with van der Waals surface area (Å²) in [4.78, 5) is 23.5. The van der Waals surface area contributed by atoms with Crippen LogP contribution in [0.4, 0.5) is 0 Å². The van der Waals surface area contributed by atoms with Gasteiger partial charge in [0.1, 0.15) is 10.7 Å². The molecular formula is C22H20ClN3OS. The van der Waals surface area contributed by atoms with Crippen LogP contribution in [0.3, 0.4) is 0 Å². The van der Waals surface area contributed by atoms with Gasteiger partial charge in [-0.15, -0.1) is 11.3 Å². The number of nitrogens with zero attached hydrogens (tertiary/aromatic N) is 2. The van der Waals surface area contributed by atoms with E-state index in [4.69, 9.17) is 16.6 Å². The number of halogens is 1. The van der Waals surface area contributed by atoms with Gasteiger partial charge >= 0.3 is 0 Å². The van der Waals surface area contributed by atoms with Crippen molar-refractivity contribution in [2.45, 2.75) is 20.0 Å². The molecule has 0 spiro atoms. The van der Waals surface area contributed by atoms with Crippen LogP contribution in [0.25, 0.3) is 21.3 Å². The number of aromatic amines is 1. The number of nitrogens with one attached hydrogen (secondary N) is 1. The first-order chi connectivity index (χ1) is 13.6. The highest BCUT2D eigenvalue weighted by atomic mass is 35.5. The first-order valence-corrected chi connectivity index (χ1v) is 10.4. The largest absolute Gasteiger partial charge is 0.309 e. The molecule has 4 aromatic rings. The molecule has 0 saturated carbocycles. The Morgan fingerprint density at radius 3 is 2.54 bits per heavy atom. The fourth-order valence-corrected chi connectivity index (χ4v) is 4.34. The van der Waals surface area contributed by atoms with Gasteiger partial charge in [0, 0.05) is 22.5 Å². The summed E-state index contributed by atoms with van der Waals surface area (Å²) in [6, 6.07) is 17.8. The van der Waals surface area contributed by atoms with Crippen LogP contribution >= 0.6 is 22.9 Å². The maximum Gasteiger partial charge on any atom is 0.260 e. The zero-order valence-electron chi connectivity index (χ0n) is 15.5. The van der Waals surface area contributed by atoms with Crippen molar-refractivity contribution in [3.63, 3.8) is 0 Å². The van der Waals surface area contributed by atoms with Crippen molar-refractivity contribution >= 4 is 33.2 Å². The Labute approximate surface area is 172 Å². The second-order valence-corrected chi connectivity index (χ2v) is 7.93. The molecule has 1 N–H and O–H groups in total. The lowest BCUT2D eigenvalue weighted by Crippen LogP contribution is -2.25. The normalized spacial score (nSPS) is 11.4. The van der Waals surface area contributed by atoms with Crippen molar-refractivity contribution in [1.82, 2.24) is 14.9 Å². The summed E-state index contributed by atoms with van der Waals surface area (Å²) in [5.74, 6) is 0.694. The van der Waals surface area contributed by atoms with Crippen LogP contribution in [0, 0.1) is 0 Å². The molecular weight excluding hydrogens is 390 g/mol. The van der Waals surface area contributed by atoms with Gasteiger partial charge in [0.2, 0.25) is 0 Å². The molecule has 0 fully saturated rings. The molecule has 0 saturated heterocycles. The van der Waals surface area contributed by atoms with Crippen LogP contribution in [0.15, 0.2) is 64.8 Å². The predicted molar refractivity (Wildman–Crippen MR) is 117 cm³/mol. The van der Waals surface area contributed by atoms with Crippen LogP contribution in [0.1, 0.15) is 18.3 Å². The molecule has 2 aromatic carbocycles. The molecule has 0 aliphatic rings. The summed E-state index contributed by atoms with van der Waals surface area (Å²) in [5.41, 5.74) is 3.01. The van der Waals surface area contributed by atoms with Crippen LogP contribution < -0.4 is 5.56 Å². The van der Waals surface area contributed by atoms with E-state index in [0.29, 0.717) is 22.8 Å². The maximum atomic E-state index is 12.8. The molecule has 0 aliphatic carbocycles. The molecule has 4 rings (SSSR count). The van der Waals surface area contributed by atoms with Gasteiger partial charge in [0.15, 0.2) is 0 Å². The van der Waals surface area contributed by atoms with Crippen molar-refractivity contribution in [2.24, 2.45) is 0 Å². The van der Waals surface area contributed by atoms with E-state index in [9.17, 15) is 4.79 Å². The van der Waals surface area contributed by atoms with Crippen LogP contribution in [-0.2, 0) is 13.1 Å². The van der Waals surface area contributed by atoms with Gasteiger partial charge in [-0.3, -0.25) is 9.69 Å². The summed E-state index contributed by atoms with van der Waals surface area (Å²) >= 11 is 7.48. The zero-order chi connectivity index (χ0) is 19.5. The van der Waals surface area contributed by atoms with E-state index < -0.39 is 0 Å². The lowest BCUT2D eigenvalue weighted by molar-refractivity contribution is 0.264. The van der Waals surface area contributed by atoms with Gasteiger partial charge in [-0.2, -0.15) is 0 Å². The van der Waals surface area contributed by atoms with Crippen molar-refractivity contribution in [2.75, 3.05) is 6.54 Å². The number of fused-ring (bicyclic) bond motifs is 1. The molecule has 0 amide bonds. The predicted octanol–water partition coefficient (Wildman–Crippen LogP) is 5.33. The van der Waals surface area contributed by atoms with Gasteiger partial charge in [0.05, 0.1) is 11.9 Å². The minimum atomic E-state index is -0.0954. The summed E-state index contributed by atoms with van der Waals surface area (Å²) < 4.78 is 0. The number of hydrogen-bond donors (Lipinski definition) is 1. The first-order valence-electron chi connectivity index (χ1n) is 9.16. The summed E-state index contributed by atoms with van der Waals surface area (Å²) in [6.45, 7) is 4.41. The van der Waals surface area contributed by atoms with Crippen molar-refractivity contribution in [1.29, 1.82) is 0 Å². The molecule has 28 heavy (non-hydrogen) atoms. The molecule has 0 aliphatic heterocycles. The monoisotopic (exact) mass is 409 g/mol. The number of hydrogen-bond acceptors (Lipinski definition) is 4. The highest BCUT2D eigenvalue weighted by Crippen LogP contribution is 2.31. The standard InChI is InChI=1S/C22H20ClN3OS/c1-2-26(12-15-6-4-3-5-7-15)13-19-24-21(27)20-18(14-28-22(20)25-19)16-8-10-17(23)11-9-16/h3-11,14H,2,12-13H2,1H3,(H,24,25,27). The molecule has 2 heterocycles. The maximum absolute atomic E-state index is 12.8. The molecule has 6 heteroatoms. The highest BCUT2D eigenvalue weighted by Gasteiger charge is 2.14. The molecule has 0 radical (unpaired) electrons. The molecule has 142 valence electrons. The van der Waals surface area contributed by atoms with E-state index in [1.165, 1.54) is 16.9 Å². The van der Waals surface area contributed by atoms with Gasteiger partial charge in [0.25, 0.3) is 5.56 Å². The van der Waals surface area contributed by atoms with Gasteiger partial charge in [-0.05, 0) is 29.8 Å². The van der Waals surface area contributed by atoms with Crippen LogP contribution in [0.2, 0.25) is 5.02 Å². The van der Waals surface area contributed by atoms with E-state index in [0.717, 1.165) is 29.0 Å².